The average molecular weight is 547 g/mol. The van der Waals surface area contributed by atoms with Gasteiger partial charge in [-0.3, -0.25) is 24.2 Å². The molecule has 14 nitrogen and oxygen atoms in total. The fraction of sp³-hybridized carbons (Fsp3) is 0.520. The van der Waals surface area contributed by atoms with Gasteiger partial charge in [0.1, 0.15) is 18.1 Å². The lowest BCUT2D eigenvalue weighted by atomic mass is 10.0. The van der Waals surface area contributed by atoms with Gasteiger partial charge in [-0.05, 0) is 37.7 Å². The van der Waals surface area contributed by atoms with Gasteiger partial charge in [0.15, 0.2) is 5.96 Å². The van der Waals surface area contributed by atoms with E-state index >= 15 is 0 Å². The van der Waals surface area contributed by atoms with Crippen molar-refractivity contribution in [2.75, 3.05) is 13.1 Å². The molecule has 1 heterocycles. The number of nitrogens with zero attached hydrogens (tertiary/aromatic N) is 2. The zero-order valence-corrected chi connectivity index (χ0v) is 21.8. The minimum absolute atomic E-state index is 0.0725. The third kappa shape index (κ3) is 10.2. The van der Waals surface area contributed by atoms with Crippen molar-refractivity contribution in [3.05, 3.63) is 35.9 Å². The van der Waals surface area contributed by atoms with E-state index in [1.54, 1.807) is 30.3 Å². The summed E-state index contributed by atoms with van der Waals surface area (Å²) in [5.41, 5.74) is 22.6. The molecule has 0 spiro atoms. The molecule has 4 amide bonds. The van der Waals surface area contributed by atoms with E-state index in [1.165, 1.54) is 4.90 Å². The van der Waals surface area contributed by atoms with Crippen molar-refractivity contribution >= 4 is 35.6 Å². The normalized spacial score (nSPS) is 16.9. The van der Waals surface area contributed by atoms with E-state index in [0.717, 1.165) is 5.56 Å². The fourth-order valence-corrected chi connectivity index (χ4v) is 4.29. The number of benzene rings is 1. The highest BCUT2D eigenvalue weighted by Gasteiger charge is 2.38. The van der Waals surface area contributed by atoms with Crippen molar-refractivity contribution in [1.29, 1.82) is 0 Å². The van der Waals surface area contributed by atoms with Crippen LogP contribution in [-0.4, -0.2) is 82.8 Å². The van der Waals surface area contributed by atoms with E-state index < -0.39 is 53.8 Å². The number of carboxylic acid groups (broad SMARTS) is 1. The molecule has 0 saturated carbocycles. The number of carbonyl (C=O) groups excluding carboxylic acids is 4. The summed E-state index contributed by atoms with van der Waals surface area (Å²) in [4.78, 5) is 67.6. The zero-order valence-electron chi connectivity index (χ0n) is 21.8. The Morgan fingerprint density at radius 3 is 2.28 bits per heavy atom. The first-order valence-electron chi connectivity index (χ1n) is 12.8. The first kappa shape index (κ1) is 31.0. The molecule has 11 N–H and O–H groups in total. The summed E-state index contributed by atoms with van der Waals surface area (Å²) in [6.45, 7) is 0.492. The number of guanidine groups is 1. The van der Waals surface area contributed by atoms with Crippen molar-refractivity contribution in [2.45, 2.75) is 69.1 Å². The van der Waals surface area contributed by atoms with Crippen LogP contribution in [0.1, 0.15) is 44.1 Å². The molecule has 1 fully saturated rings. The van der Waals surface area contributed by atoms with Gasteiger partial charge in [0.05, 0.1) is 6.04 Å². The van der Waals surface area contributed by atoms with Crippen molar-refractivity contribution in [3.63, 3.8) is 0 Å². The highest BCUT2D eigenvalue weighted by molar-refractivity contribution is 5.94. The maximum Gasteiger partial charge on any atom is 0.326 e. The van der Waals surface area contributed by atoms with Crippen molar-refractivity contribution in [1.82, 2.24) is 15.5 Å². The van der Waals surface area contributed by atoms with Crippen LogP contribution >= 0.6 is 0 Å². The maximum absolute atomic E-state index is 13.4. The molecular formula is C25H38N8O6. The molecule has 4 atom stereocenters. The number of nitrogens with one attached hydrogen (secondary N) is 2. The van der Waals surface area contributed by atoms with Crippen LogP contribution in [0.3, 0.4) is 0 Å². The molecule has 39 heavy (non-hydrogen) atoms. The van der Waals surface area contributed by atoms with Crippen LogP contribution in [0, 0.1) is 0 Å². The smallest absolute Gasteiger partial charge is 0.326 e. The van der Waals surface area contributed by atoms with Gasteiger partial charge in [0.25, 0.3) is 0 Å². The number of likely N-dealkylation sites (tertiary alicyclic amines) is 1. The van der Waals surface area contributed by atoms with E-state index in [4.69, 9.17) is 22.9 Å². The molecule has 1 aliphatic rings. The van der Waals surface area contributed by atoms with E-state index in [-0.39, 0.29) is 51.2 Å². The summed E-state index contributed by atoms with van der Waals surface area (Å²) >= 11 is 0. The van der Waals surface area contributed by atoms with Crippen LogP contribution in [0.4, 0.5) is 0 Å². The van der Waals surface area contributed by atoms with E-state index in [9.17, 15) is 29.1 Å². The molecule has 4 unspecified atom stereocenters. The molecule has 0 aromatic heterocycles. The number of rotatable bonds is 15. The quantitative estimate of drug-likeness (QED) is 0.0723. The molecule has 14 heteroatoms. The molecule has 0 aliphatic carbocycles. The van der Waals surface area contributed by atoms with Gasteiger partial charge >= 0.3 is 5.97 Å². The molecule has 214 valence electrons. The molecule has 0 bridgehead atoms. The minimum atomic E-state index is -1.21. The molecule has 1 aromatic rings. The second-order valence-corrected chi connectivity index (χ2v) is 9.40. The number of carbonyl (C=O) groups is 5. The lowest BCUT2D eigenvalue weighted by Gasteiger charge is -2.29. The SMILES string of the molecule is NC(=O)CCC(NC(=O)C(Cc1ccccc1)NC(=O)C(N)CCCN=C(N)N)C(=O)N1CCCC1C(=O)O. The Hall–Kier alpha value is -4.20. The molecular weight excluding hydrogens is 508 g/mol. The molecule has 1 saturated heterocycles. The topological polar surface area (TPSA) is 249 Å². The largest absolute Gasteiger partial charge is 0.480 e. The van der Waals surface area contributed by atoms with E-state index in [1.807, 2.05) is 0 Å². The summed E-state index contributed by atoms with van der Waals surface area (Å²) in [6.07, 6.45) is 1.23. The Morgan fingerprint density at radius 1 is 1.00 bits per heavy atom. The third-order valence-electron chi connectivity index (χ3n) is 6.33. The second kappa shape index (κ2) is 15.3. The van der Waals surface area contributed by atoms with Crippen LogP contribution in [0.25, 0.3) is 0 Å². The van der Waals surface area contributed by atoms with Crippen LogP contribution < -0.4 is 33.6 Å². The zero-order chi connectivity index (χ0) is 28.9. The lowest BCUT2D eigenvalue weighted by molar-refractivity contribution is -0.149. The monoisotopic (exact) mass is 546 g/mol. The highest BCUT2D eigenvalue weighted by atomic mass is 16.4. The van der Waals surface area contributed by atoms with Gasteiger partial charge in [0, 0.05) is 25.9 Å². The lowest BCUT2D eigenvalue weighted by Crippen LogP contribution is -2.57. The van der Waals surface area contributed by atoms with Gasteiger partial charge < -0.3 is 43.6 Å². The average Bonchev–Trinajstić information content (AvgIpc) is 3.39. The Morgan fingerprint density at radius 2 is 1.67 bits per heavy atom. The second-order valence-electron chi connectivity index (χ2n) is 9.40. The standard InChI is InChI=1S/C25H38N8O6/c26-16(8-4-12-30-25(28)29)21(35)32-18(14-15-6-2-1-3-7-15)22(36)31-17(10-11-20(27)34)23(37)33-13-5-9-19(33)24(38)39/h1-3,6-7,16-19H,4-5,8-14,26H2,(H2,27,34)(H,31,36)(H,32,35)(H,38,39)(H4,28,29,30). The third-order valence-corrected chi connectivity index (χ3v) is 6.33. The predicted octanol–water partition coefficient (Wildman–Crippen LogP) is -2.08. The van der Waals surface area contributed by atoms with Crippen molar-refractivity contribution in [2.24, 2.45) is 27.9 Å². The summed E-state index contributed by atoms with van der Waals surface area (Å²) in [6, 6.07) is 4.62. The van der Waals surface area contributed by atoms with Crippen LogP contribution in [0.5, 0.6) is 0 Å². The van der Waals surface area contributed by atoms with Gasteiger partial charge in [-0.1, -0.05) is 30.3 Å². The van der Waals surface area contributed by atoms with Gasteiger partial charge in [-0.25, -0.2) is 4.79 Å². The summed E-state index contributed by atoms with van der Waals surface area (Å²) < 4.78 is 0. The number of amides is 4. The fourth-order valence-electron chi connectivity index (χ4n) is 4.29. The van der Waals surface area contributed by atoms with E-state index in [0.29, 0.717) is 12.8 Å². The molecule has 0 radical (unpaired) electrons. The maximum atomic E-state index is 13.4. The number of aliphatic carboxylic acids is 1. The molecule has 2 rings (SSSR count). The number of primary amides is 1. The van der Waals surface area contributed by atoms with Crippen LogP contribution in [-0.2, 0) is 30.4 Å². The number of nitrogens with two attached hydrogens (primary N) is 4. The number of hydrogen-bond acceptors (Lipinski definition) is 7. The summed E-state index contributed by atoms with van der Waals surface area (Å²) in [5, 5.41) is 14.7. The number of aliphatic imine (C=N–C) groups is 1. The highest BCUT2D eigenvalue weighted by Crippen LogP contribution is 2.20. The molecule has 1 aromatic carbocycles. The predicted molar refractivity (Wildman–Crippen MR) is 143 cm³/mol. The Kier molecular flexibility index (Phi) is 12.1. The van der Waals surface area contributed by atoms with Crippen LogP contribution in [0.15, 0.2) is 35.3 Å². The first-order chi connectivity index (χ1) is 18.5. The Balaban J connectivity index is 2.19. The van der Waals surface area contributed by atoms with Crippen molar-refractivity contribution in [3.8, 4) is 0 Å². The van der Waals surface area contributed by atoms with Gasteiger partial charge in [-0.15, -0.1) is 0 Å². The number of hydrogen-bond donors (Lipinski definition) is 7. The first-order valence-corrected chi connectivity index (χ1v) is 12.8. The summed E-state index contributed by atoms with van der Waals surface area (Å²) in [5.74, 6) is -3.80. The Bertz CT molecular complexity index is 1050. The van der Waals surface area contributed by atoms with Gasteiger partial charge in [0.2, 0.25) is 23.6 Å². The number of carboxylic acids is 1. The van der Waals surface area contributed by atoms with Crippen LogP contribution in [0.2, 0.25) is 0 Å². The Labute approximate surface area is 226 Å². The minimum Gasteiger partial charge on any atom is -0.480 e. The van der Waals surface area contributed by atoms with E-state index in [2.05, 4.69) is 15.6 Å². The van der Waals surface area contributed by atoms with Gasteiger partial charge in [-0.2, -0.15) is 0 Å². The molecule has 1 aliphatic heterocycles. The summed E-state index contributed by atoms with van der Waals surface area (Å²) in [7, 11) is 0. The van der Waals surface area contributed by atoms with Crippen molar-refractivity contribution < 1.29 is 29.1 Å².